The van der Waals surface area contributed by atoms with E-state index in [4.69, 9.17) is 5.73 Å². The second-order valence-corrected chi connectivity index (χ2v) is 5.60. The van der Waals surface area contributed by atoms with E-state index in [2.05, 4.69) is 26.1 Å². The number of anilines is 1. The normalized spacial score (nSPS) is 9.82. The van der Waals surface area contributed by atoms with Crippen LogP contribution < -0.4 is 11.1 Å². The Bertz CT molecular complexity index is 575. The molecule has 0 spiro atoms. The Kier molecular flexibility index (Phi) is 7.76. The molecule has 0 radical (unpaired) electrons. The van der Waals surface area contributed by atoms with Crippen LogP contribution in [-0.2, 0) is 6.54 Å². The summed E-state index contributed by atoms with van der Waals surface area (Å²) in [6, 6.07) is 16.7. The second-order valence-electron chi connectivity index (χ2n) is 5.60. The van der Waals surface area contributed by atoms with Crippen LogP contribution in [0.5, 0.6) is 0 Å². The maximum atomic E-state index is 11.8. The number of amides is 1. The molecule has 1 amide bonds. The summed E-state index contributed by atoms with van der Waals surface area (Å²) in [6.07, 6.45) is 1.31. The number of nitrogen functional groups attached to an aromatic ring is 1. The SMILES string of the molecule is CCC(C)C.Nc1cccc(C(=O)NCc2ccccc2)c1.[HH].[HH]. The molecule has 0 saturated carbocycles. The molecule has 0 aliphatic heterocycles. The summed E-state index contributed by atoms with van der Waals surface area (Å²) in [7, 11) is 0. The molecular formula is C19H30N2O. The standard InChI is InChI=1S/C14H14N2O.C5H12.2H2/c15-13-8-4-7-12(9-13)14(17)16-10-11-5-2-1-3-6-11;1-4-5(2)3;;/h1-9H,10,15H2,(H,16,17);5H,4H2,1-3H3;2*1H. The van der Waals surface area contributed by atoms with Gasteiger partial charge >= 0.3 is 0 Å². The van der Waals surface area contributed by atoms with Crippen LogP contribution in [0.3, 0.4) is 0 Å². The molecule has 3 nitrogen and oxygen atoms in total. The van der Waals surface area contributed by atoms with Gasteiger partial charge in [-0.05, 0) is 29.7 Å². The molecule has 2 aromatic carbocycles. The summed E-state index contributed by atoms with van der Waals surface area (Å²) >= 11 is 0. The van der Waals surface area contributed by atoms with Crippen molar-refractivity contribution >= 4 is 11.6 Å². The fourth-order valence-electron chi connectivity index (χ4n) is 1.56. The third-order valence-corrected chi connectivity index (χ3v) is 3.26. The average Bonchev–Trinajstić information content (AvgIpc) is 2.54. The fraction of sp³-hybridized carbons (Fsp3) is 0.316. The summed E-state index contributed by atoms with van der Waals surface area (Å²) in [5, 5.41) is 2.85. The van der Waals surface area contributed by atoms with Gasteiger partial charge in [0.25, 0.3) is 5.91 Å². The Hall–Kier alpha value is -2.29. The lowest BCUT2D eigenvalue weighted by atomic mass is 10.2. The highest BCUT2D eigenvalue weighted by Gasteiger charge is 2.04. The first-order chi connectivity index (χ1) is 10.5. The summed E-state index contributed by atoms with van der Waals surface area (Å²) in [5.74, 6) is 0.774. The number of hydrogen-bond donors (Lipinski definition) is 2. The van der Waals surface area contributed by atoms with Crippen LogP contribution in [0.4, 0.5) is 5.69 Å². The van der Waals surface area contributed by atoms with Gasteiger partial charge in [0.15, 0.2) is 0 Å². The fourth-order valence-corrected chi connectivity index (χ4v) is 1.56. The first-order valence-electron chi connectivity index (χ1n) is 7.70. The van der Waals surface area contributed by atoms with E-state index in [0.29, 0.717) is 17.8 Å². The summed E-state index contributed by atoms with van der Waals surface area (Å²) < 4.78 is 0. The van der Waals surface area contributed by atoms with Gasteiger partial charge in [-0.3, -0.25) is 4.79 Å². The van der Waals surface area contributed by atoms with Crippen molar-refractivity contribution in [2.45, 2.75) is 33.7 Å². The lowest BCUT2D eigenvalue weighted by Gasteiger charge is -2.05. The Morgan fingerprint density at radius 2 is 1.77 bits per heavy atom. The summed E-state index contributed by atoms with van der Waals surface area (Å²) in [6.45, 7) is 7.17. The lowest BCUT2D eigenvalue weighted by Crippen LogP contribution is -2.22. The van der Waals surface area contributed by atoms with Crippen LogP contribution in [0.1, 0.15) is 46.0 Å². The van der Waals surface area contributed by atoms with Crippen LogP contribution in [0.15, 0.2) is 54.6 Å². The van der Waals surface area contributed by atoms with Crippen molar-refractivity contribution in [1.29, 1.82) is 0 Å². The Balaban J connectivity index is 0. The topological polar surface area (TPSA) is 55.1 Å². The highest BCUT2D eigenvalue weighted by molar-refractivity contribution is 5.94. The molecule has 3 heteroatoms. The van der Waals surface area contributed by atoms with E-state index in [-0.39, 0.29) is 8.76 Å². The zero-order valence-corrected chi connectivity index (χ0v) is 13.7. The smallest absolute Gasteiger partial charge is 0.251 e. The number of carbonyl (C=O) groups excluding carboxylic acids is 1. The van der Waals surface area contributed by atoms with Gasteiger partial charge in [0, 0.05) is 20.6 Å². The maximum absolute atomic E-state index is 11.8. The predicted octanol–water partition coefficient (Wildman–Crippen LogP) is 4.74. The minimum atomic E-state index is -0.110. The molecule has 0 aliphatic carbocycles. The van der Waals surface area contributed by atoms with E-state index in [1.165, 1.54) is 6.42 Å². The van der Waals surface area contributed by atoms with Crippen molar-refractivity contribution in [3.8, 4) is 0 Å². The predicted molar refractivity (Wildman–Crippen MR) is 97.8 cm³/mol. The van der Waals surface area contributed by atoms with Gasteiger partial charge in [0.1, 0.15) is 0 Å². The highest BCUT2D eigenvalue weighted by Crippen LogP contribution is 2.06. The zero-order chi connectivity index (χ0) is 16.4. The third kappa shape index (κ3) is 6.93. The minimum Gasteiger partial charge on any atom is -0.399 e. The second kappa shape index (κ2) is 9.61. The van der Waals surface area contributed by atoms with Crippen molar-refractivity contribution in [3.05, 3.63) is 65.7 Å². The van der Waals surface area contributed by atoms with E-state index in [1.54, 1.807) is 24.3 Å². The number of rotatable bonds is 4. The monoisotopic (exact) mass is 302 g/mol. The number of benzene rings is 2. The Morgan fingerprint density at radius 3 is 2.32 bits per heavy atom. The number of nitrogens with one attached hydrogen (secondary N) is 1. The minimum absolute atomic E-state index is 0. The summed E-state index contributed by atoms with van der Waals surface area (Å²) in [5.41, 5.74) is 7.88. The van der Waals surface area contributed by atoms with Gasteiger partial charge in [-0.2, -0.15) is 0 Å². The van der Waals surface area contributed by atoms with E-state index in [1.807, 2.05) is 30.3 Å². The first kappa shape index (κ1) is 17.8. The molecule has 0 unspecified atom stereocenters. The quantitative estimate of drug-likeness (QED) is 0.801. The van der Waals surface area contributed by atoms with Crippen LogP contribution >= 0.6 is 0 Å². The van der Waals surface area contributed by atoms with Crippen molar-refractivity contribution < 1.29 is 7.65 Å². The largest absolute Gasteiger partial charge is 0.399 e. The molecule has 0 fully saturated rings. The molecule has 0 bridgehead atoms. The lowest BCUT2D eigenvalue weighted by molar-refractivity contribution is 0.0951. The Labute approximate surface area is 136 Å². The van der Waals surface area contributed by atoms with Crippen molar-refractivity contribution in [3.63, 3.8) is 0 Å². The molecule has 0 heterocycles. The molecule has 122 valence electrons. The molecule has 0 aromatic heterocycles. The number of carbonyl (C=O) groups is 1. The van der Waals surface area contributed by atoms with Gasteiger partial charge in [0.2, 0.25) is 0 Å². The highest BCUT2D eigenvalue weighted by atomic mass is 16.1. The van der Waals surface area contributed by atoms with E-state index < -0.39 is 0 Å². The van der Waals surface area contributed by atoms with Crippen LogP contribution in [0, 0.1) is 5.92 Å². The van der Waals surface area contributed by atoms with E-state index in [0.717, 1.165) is 11.5 Å². The van der Waals surface area contributed by atoms with Gasteiger partial charge in [-0.25, -0.2) is 0 Å². The van der Waals surface area contributed by atoms with Gasteiger partial charge in [-0.15, -0.1) is 0 Å². The third-order valence-electron chi connectivity index (χ3n) is 3.26. The molecule has 2 rings (SSSR count). The van der Waals surface area contributed by atoms with E-state index in [9.17, 15) is 4.79 Å². The van der Waals surface area contributed by atoms with Crippen molar-refractivity contribution in [2.24, 2.45) is 5.92 Å². The van der Waals surface area contributed by atoms with Gasteiger partial charge < -0.3 is 11.1 Å². The van der Waals surface area contributed by atoms with Crippen molar-refractivity contribution in [2.75, 3.05) is 5.73 Å². The molecule has 0 aliphatic rings. The number of nitrogens with two attached hydrogens (primary N) is 1. The Morgan fingerprint density at radius 1 is 1.14 bits per heavy atom. The average molecular weight is 302 g/mol. The molecule has 22 heavy (non-hydrogen) atoms. The number of hydrogen-bond acceptors (Lipinski definition) is 2. The molecule has 3 N–H and O–H groups in total. The maximum Gasteiger partial charge on any atom is 0.251 e. The first-order valence-corrected chi connectivity index (χ1v) is 7.70. The molecule has 0 atom stereocenters. The molecular weight excluding hydrogens is 272 g/mol. The van der Waals surface area contributed by atoms with Gasteiger partial charge in [0.05, 0.1) is 0 Å². The van der Waals surface area contributed by atoms with Crippen molar-refractivity contribution in [1.82, 2.24) is 5.32 Å². The van der Waals surface area contributed by atoms with Crippen LogP contribution in [-0.4, -0.2) is 5.91 Å². The van der Waals surface area contributed by atoms with E-state index >= 15 is 0 Å². The summed E-state index contributed by atoms with van der Waals surface area (Å²) in [4.78, 5) is 11.8. The van der Waals surface area contributed by atoms with Gasteiger partial charge in [-0.1, -0.05) is 63.6 Å². The van der Waals surface area contributed by atoms with Crippen LogP contribution in [0.25, 0.3) is 0 Å². The van der Waals surface area contributed by atoms with Crippen LogP contribution in [0.2, 0.25) is 0 Å². The molecule has 2 aromatic rings. The zero-order valence-electron chi connectivity index (χ0n) is 13.7. The molecule has 0 saturated heterocycles.